The van der Waals surface area contributed by atoms with Crippen LogP contribution in [0.15, 0.2) is 6.20 Å². The number of aromatic nitrogens is 3. The Hall–Kier alpha value is -2.16. The van der Waals surface area contributed by atoms with Crippen LogP contribution in [0.4, 0.5) is 4.79 Å². The molecule has 0 aromatic carbocycles. The molecule has 3 rings (SSSR count). The molecule has 0 aliphatic carbocycles. The number of piperidine rings is 1. The predicted octanol–water partition coefficient (Wildman–Crippen LogP) is -0.778. The Bertz CT molecular complexity index is 572. The van der Waals surface area contributed by atoms with Gasteiger partial charge < -0.3 is 19.9 Å². The van der Waals surface area contributed by atoms with Gasteiger partial charge in [0, 0.05) is 27.2 Å². The molecular weight excluding hydrogens is 288 g/mol. The maximum Gasteiger partial charge on any atom is 0.317 e. The van der Waals surface area contributed by atoms with Gasteiger partial charge in [0.1, 0.15) is 0 Å². The second-order valence-corrected chi connectivity index (χ2v) is 5.77. The summed E-state index contributed by atoms with van der Waals surface area (Å²) in [5, 5.41) is 10.6. The van der Waals surface area contributed by atoms with Crippen LogP contribution in [-0.2, 0) is 16.1 Å². The molecule has 3 amide bonds. The molecule has 1 aromatic rings. The van der Waals surface area contributed by atoms with E-state index in [1.165, 1.54) is 4.90 Å². The second-order valence-electron chi connectivity index (χ2n) is 5.77. The van der Waals surface area contributed by atoms with Crippen molar-refractivity contribution in [2.45, 2.75) is 25.2 Å². The van der Waals surface area contributed by atoms with Gasteiger partial charge in [0.05, 0.1) is 37.2 Å². The van der Waals surface area contributed by atoms with Crippen LogP contribution in [0.2, 0.25) is 0 Å². The predicted molar refractivity (Wildman–Crippen MR) is 75.9 cm³/mol. The fraction of sp³-hybridized carbons (Fsp3) is 0.692. The molecule has 0 unspecified atom stereocenters. The number of nitrogens with zero attached hydrogens (tertiary/aromatic N) is 5. The van der Waals surface area contributed by atoms with Crippen LogP contribution in [0.25, 0.3) is 0 Å². The van der Waals surface area contributed by atoms with Gasteiger partial charge in [-0.25, -0.2) is 9.48 Å². The minimum absolute atomic E-state index is 0.000524. The molecule has 1 aromatic heterocycles. The molecule has 9 nitrogen and oxygen atoms in total. The van der Waals surface area contributed by atoms with Crippen molar-refractivity contribution in [1.82, 2.24) is 30.1 Å². The number of rotatable bonds is 2. The van der Waals surface area contributed by atoms with E-state index >= 15 is 0 Å². The van der Waals surface area contributed by atoms with Crippen LogP contribution in [0.1, 0.15) is 18.2 Å². The van der Waals surface area contributed by atoms with Crippen LogP contribution >= 0.6 is 0 Å². The average molecular weight is 308 g/mol. The maximum atomic E-state index is 12.3. The van der Waals surface area contributed by atoms with Crippen LogP contribution in [0.3, 0.4) is 0 Å². The highest BCUT2D eigenvalue weighted by molar-refractivity contribution is 5.83. The minimum Gasteiger partial charge on any atom is -0.370 e. The lowest BCUT2D eigenvalue weighted by molar-refractivity contribution is -0.136. The number of ether oxygens (including phenoxy) is 1. The van der Waals surface area contributed by atoms with E-state index < -0.39 is 0 Å². The van der Waals surface area contributed by atoms with E-state index in [0.29, 0.717) is 19.7 Å². The zero-order valence-electron chi connectivity index (χ0n) is 12.7. The Morgan fingerprint density at radius 1 is 1.50 bits per heavy atom. The van der Waals surface area contributed by atoms with E-state index in [2.05, 4.69) is 15.6 Å². The first kappa shape index (κ1) is 14.8. The summed E-state index contributed by atoms with van der Waals surface area (Å²) in [6.45, 7) is 1.67. The molecule has 22 heavy (non-hydrogen) atoms. The van der Waals surface area contributed by atoms with Gasteiger partial charge in [0.25, 0.3) is 0 Å². The minimum atomic E-state index is -0.275. The standard InChI is InChI=1S/C13H20N6O3/c1-17(2)13(21)14-6-12(20)18-4-3-11-10(7-18)19-9(8-22-11)5-15-16-19/h5,10-11H,3-4,6-8H2,1-2H3,(H,14,21)/t10-,11+/m0/s1. The van der Waals surface area contributed by atoms with Gasteiger partial charge >= 0.3 is 6.03 Å². The molecule has 2 atom stereocenters. The molecule has 0 radical (unpaired) electrons. The fourth-order valence-electron chi connectivity index (χ4n) is 2.83. The van der Waals surface area contributed by atoms with Gasteiger partial charge in [-0.2, -0.15) is 0 Å². The Morgan fingerprint density at radius 3 is 3.09 bits per heavy atom. The van der Waals surface area contributed by atoms with E-state index in [1.54, 1.807) is 25.2 Å². The van der Waals surface area contributed by atoms with Gasteiger partial charge in [-0.1, -0.05) is 5.21 Å². The Balaban J connectivity index is 1.61. The topological polar surface area (TPSA) is 92.6 Å². The number of hydrogen-bond donors (Lipinski definition) is 1. The molecule has 0 saturated carbocycles. The zero-order chi connectivity index (χ0) is 15.7. The number of hydrogen-bond acceptors (Lipinski definition) is 5. The van der Waals surface area contributed by atoms with Crippen molar-refractivity contribution in [3.63, 3.8) is 0 Å². The monoisotopic (exact) mass is 308 g/mol. The summed E-state index contributed by atoms with van der Waals surface area (Å²) >= 11 is 0. The summed E-state index contributed by atoms with van der Waals surface area (Å²) in [5.74, 6) is -0.0964. The van der Waals surface area contributed by atoms with Gasteiger partial charge in [-0.15, -0.1) is 5.10 Å². The van der Waals surface area contributed by atoms with Gasteiger partial charge in [-0.3, -0.25) is 4.79 Å². The van der Waals surface area contributed by atoms with E-state index in [1.807, 2.05) is 4.68 Å². The molecule has 120 valence electrons. The maximum absolute atomic E-state index is 12.3. The molecule has 1 N–H and O–H groups in total. The first-order valence-electron chi connectivity index (χ1n) is 7.30. The Labute approximate surface area is 128 Å². The van der Waals surface area contributed by atoms with Gasteiger partial charge in [0.15, 0.2) is 0 Å². The molecule has 0 bridgehead atoms. The lowest BCUT2D eigenvalue weighted by Gasteiger charge is -2.41. The number of urea groups is 1. The van der Waals surface area contributed by atoms with Crippen molar-refractivity contribution < 1.29 is 14.3 Å². The molecule has 2 aliphatic rings. The zero-order valence-corrected chi connectivity index (χ0v) is 12.7. The van der Waals surface area contributed by atoms with E-state index in [9.17, 15) is 9.59 Å². The van der Waals surface area contributed by atoms with Crippen molar-refractivity contribution >= 4 is 11.9 Å². The molecule has 1 saturated heterocycles. The lowest BCUT2D eigenvalue weighted by atomic mass is 10.0. The molecule has 0 spiro atoms. The highest BCUT2D eigenvalue weighted by atomic mass is 16.5. The van der Waals surface area contributed by atoms with Crippen molar-refractivity contribution in [3.8, 4) is 0 Å². The number of amides is 3. The van der Waals surface area contributed by atoms with Crippen LogP contribution in [0.5, 0.6) is 0 Å². The molecule has 2 aliphatic heterocycles. The highest BCUT2D eigenvalue weighted by Crippen LogP contribution is 2.29. The quantitative estimate of drug-likeness (QED) is 0.774. The molecule has 9 heteroatoms. The summed E-state index contributed by atoms with van der Waals surface area (Å²) in [5.41, 5.74) is 0.927. The van der Waals surface area contributed by atoms with Crippen molar-refractivity contribution in [2.75, 3.05) is 33.7 Å². The second kappa shape index (κ2) is 5.91. The van der Waals surface area contributed by atoms with Crippen LogP contribution < -0.4 is 5.32 Å². The van der Waals surface area contributed by atoms with E-state index in [0.717, 1.165) is 12.1 Å². The number of fused-ring (bicyclic) bond motifs is 3. The third-order valence-electron chi connectivity index (χ3n) is 4.08. The first-order chi connectivity index (χ1) is 10.6. The summed E-state index contributed by atoms with van der Waals surface area (Å²) < 4.78 is 7.66. The van der Waals surface area contributed by atoms with Gasteiger partial charge in [0.2, 0.25) is 5.91 Å². The molecule has 3 heterocycles. The van der Waals surface area contributed by atoms with Crippen LogP contribution in [-0.4, -0.2) is 76.6 Å². The summed E-state index contributed by atoms with van der Waals surface area (Å²) in [6, 6.07) is -0.281. The third-order valence-corrected chi connectivity index (χ3v) is 4.08. The van der Waals surface area contributed by atoms with Crippen molar-refractivity contribution in [3.05, 3.63) is 11.9 Å². The normalized spacial score (nSPS) is 23.5. The molecular formula is C13H20N6O3. The number of carbonyl (C=O) groups is 2. The summed E-state index contributed by atoms with van der Waals surface area (Å²) in [7, 11) is 3.27. The SMILES string of the molecule is CN(C)C(=O)NCC(=O)N1CC[C@H]2OCc3cnnn3[C@H]2C1. The first-order valence-corrected chi connectivity index (χ1v) is 7.30. The number of nitrogens with one attached hydrogen (secondary N) is 1. The largest absolute Gasteiger partial charge is 0.370 e. The summed E-state index contributed by atoms with van der Waals surface area (Å²) in [4.78, 5) is 26.9. The van der Waals surface area contributed by atoms with Crippen molar-refractivity contribution in [2.24, 2.45) is 0 Å². The third kappa shape index (κ3) is 2.76. The average Bonchev–Trinajstić information content (AvgIpc) is 3.00. The fourth-order valence-corrected chi connectivity index (χ4v) is 2.83. The summed E-state index contributed by atoms with van der Waals surface area (Å²) in [6.07, 6.45) is 2.51. The van der Waals surface area contributed by atoms with Crippen LogP contribution in [0, 0.1) is 0 Å². The van der Waals surface area contributed by atoms with Crippen molar-refractivity contribution in [1.29, 1.82) is 0 Å². The lowest BCUT2D eigenvalue weighted by Crippen LogP contribution is -2.52. The number of carbonyl (C=O) groups excluding carboxylic acids is 2. The van der Waals surface area contributed by atoms with Gasteiger partial charge in [-0.05, 0) is 6.42 Å². The Morgan fingerprint density at radius 2 is 2.32 bits per heavy atom. The smallest absolute Gasteiger partial charge is 0.317 e. The van der Waals surface area contributed by atoms with E-state index in [-0.39, 0.29) is 30.6 Å². The Kier molecular flexibility index (Phi) is 3.97. The number of likely N-dealkylation sites (tertiary alicyclic amines) is 1. The molecule has 1 fully saturated rings. The van der Waals surface area contributed by atoms with E-state index in [4.69, 9.17) is 4.74 Å². The highest BCUT2D eigenvalue weighted by Gasteiger charge is 2.37.